The number of hydrogen-bond donors (Lipinski definition) is 1. The first kappa shape index (κ1) is 16.4. The van der Waals surface area contributed by atoms with E-state index in [0.29, 0.717) is 30.1 Å². The second-order valence-corrected chi connectivity index (χ2v) is 9.21. The highest BCUT2D eigenvalue weighted by Gasteiger charge is 2.35. The average Bonchev–Trinajstić information content (AvgIpc) is 3.15. The van der Waals surface area contributed by atoms with Gasteiger partial charge in [0, 0.05) is 37.5 Å². The largest absolute Gasteiger partial charge is 0.344 e. The third kappa shape index (κ3) is 3.26. The van der Waals surface area contributed by atoms with Gasteiger partial charge in [-0.2, -0.15) is 4.31 Å². The van der Waals surface area contributed by atoms with E-state index in [4.69, 9.17) is 0 Å². The van der Waals surface area contributed by atoms with E-state index in [1.807, 2.05) is 6.92 Å². The van der Waals surface area contributed by atoms with Gasteiger partial charge in [-0.3, -0.25) is 9.59 Å². The monoisotopic (exact) mass is 357 g/mol. The Bertz CT molecular complexity index is 720. The zero-order chi connectivity index (χ0) is 16.6. The van der Waals surface area contributed by atoms with Gasteiger partial charge in [-0.15, -0.1) is 11.3 Å². The minimum atomic E-state index is -3.47. The molecule has 2 fully saturated rings. The zero-order valence-electron chi connectivity index (χ0n) is 12.8. The average molecular weight is 357 g/mol. The first-order valence-electron chi connectivity index (χ1n) is 7.52. The molecule has 2 saturated heterocycles. The van der Waals surface area contributed by atoms with Crippen molar-refractivity contribution >= 4 is 33.2 Å². The van der Waals surface area contributed by atoms with E-state index >= 15 is 0 Å². The topological polar surface area (TPSA) is 86.8 Å². The molecule has 9 heteroatoms. The van der Waals surface area contributed by atoms with Crippen LogP contribution in [0.25, 0.3) is 0 Å². The summed E-state index contributed by atoms with van der Waals surface area (Å²) in [5.74, 6) is -0.211. The molecule has 126 valence electrons. The summed E-state index contributed by atoms with van der Waals surface area (Å²) in [4.78, 5) is 26.1. The van der Waals surface area contributed by atoms with Crippen LogP contribution in [0.2, 0.25) is 0 Å². The van der Waals surface area contributed by atoms with Gasteiger partial charge in [0.1, 0.15) is 10.3 Å². The smallest absolute Gasteiger partial charge is 0.252 e. The third-order valence-electron chi connectivity index (χ3n) is 4.15. The fourth-order valence-electron chi connectivity index (χ4n) is 2.85. The van der Waals surface area contributed by atoms with Gasteiger partial charge in [0.05, 0.1) is 0 Å². The Morgan fingerprint density at radius 2 is 1.96 bits per heavy atom. The molecular formula is C14H19N3O4S2. The summed E-state index contributed by atoms with van der Waals surface area (Å²) in [7, 11) is -3.47. The fraction of sp³-hybridized carbons (Fsp3) is 0.571. The lowest BCUT2D eigenvalue weighted by Crippen LogP contribution is -2.54. The zero-order valence-corrected chi connectivity index (χ0v) is 14.5. The van der Waals surface area contributed by atoms with E-state index in [0.717, 1.165) is 4.88 Å². The maximum atomic E-state index is 12.6. The fourth-order valence-corrected chi connectivity index (χ4v) is 5.71. The number of carbonyl (C=O) groups excluding carboxylic acids is 2. The SMILES string of the molecule is Cc1ccc(S(=O)(=O)N2CCN(C(=O)C3CCC(=O)N3)CC2)s1. The number of thiophene rings is 1. The van der Waals surface area contributed by atoms with Crippen molar-refractivity contribution < 1.29 is 18.0 Å². The molecule has 0 bridgehead atoms. The van der Waals surface area contributed by atoms with Gasteiger partial charge in [-0.25, -0.2) is 8.42 Å². The summed E-state index contributed by atoms with van der Waals surface area (Å²) in [6.45, 7) is 3.15. The van der Waals surface area contributed by atoms with Crippen LogP contribution in [0.15, 0.2) is 16.3 Å². The Morgan fingerprint density at radius 1 is 1.26 bits per heavy atom. The Balaban J connectivity index is 1.62. The summed E-state index contributed by atoms with van der Waals surface area (Å²) < 4.78 is 26.9. The van der Waals surface area contributed by atoms with E-state index in [1.165, 1.54) is 15.6 Å². The maximum absolute atomic E-state index is 12.6. The molecule has 7 nitrogen and oxygen atoms in total. The number of rotatable bonds is 3. The highest BCUT2D eigenvalue weighted by atomic mass is 32.2. The van der Waals surface area contributed by atoms with Crippen molar-refractivity contribution in [2.45, 2.75) is 30.0 Å². The van der Waals surface area contributed by atoms with Gasteiger partial charge >= 0.3 is 0 Å². The molecule has 3 rings (SSSR count). The van der Waals surface area contributed by atoms with Gasteiger partial charge in [0.15, 0.2) is 0 Å². The summed E-state index contributed by atoms with van der Waals surface area (Å²) in [6, 6.07) is 2.96. The number of nitrogens with zero attached hydrogens (tertiary/aromatic N) is 2. The maximum Gasteiger partial charge on any atom is 0.252 e. The van der Waals surface area contributed by atoms with Crippen molar-refractivity contribution in [3.63, 3.8) is 0 Å². The molecule has 0 spiro atoms. The quantitative estimate of drug-likeness (QED) is 0.835. The van der Waals surface area contributed by atoms with E-state index in [1.54, 1.807) is 17.0 Å². The molecule has 0 saturated carbocycles. The molecule has 2 aliphatic rings. The summed E-state index contributed by atoms with van der Waals surface area (Å²) in [5.41, 5.74) is 0. The second kappa shape index (κ2) is 6.21. The Hall–Kier alpha value is -1.45. The van der Waals surface area contributed by atoms with E-state index in [-0.39, 0.29) is 24.9 Å². The number of carbonyl (C=O) groups is 2. The standard InChI is InChI=1S/C14H19N3O4S2/c1-10-2-5-13(22-10)23(20,21)17-8-6-16(7-9-17)14(19)11-3-4-12(18)15-11/h2,5,11H,3-4,6-9H2,1H3,(H,15,18). The van der Waals surface area contributed by atoms with Crippen molar-refractivity contribution in [1.29, 1.82) is 0 Å². The second-order valence-electron chi connectivity index (χ2n) is 5.75. The molecule has 1 unspecified atom stereocenters. The number of amides is 2. The summed E-state index contributed by atoms with van der Waals surface area (Å²) in [6.07, 6.45) is 0.896. The van der Waals surface area contributed by atoms with Crippen molar-refractivity contribution in [2.75, 3.05) is 26.2 Å². The molecule has 0 radical (unpaired) electrons. The third-order valence-corrected chi connectivity index (χ3v) is 7.52. The van der Waals surface area contributed by atoms with Crippen LogP contribution in [0, 0.1) is 6.92 Å². The molecule has 1 aromatic heterocycles. The highest BCUT2D eigenvalue weighted by Crippen LogP contribution is 2.25. The minimum Gasteiger partial charge on any atom is -0.344 e. The molecular weight excluding hydrogens is 338 g/mol. The highest BCUT2D eigenvalue weighted by molar-refractivity contribution is 7.91. The predicted octanol–water partition coefficient (Wildman–Crippen LogP) is 0.168. The number of piperazine rings is 1. The Morgan fingerprint density at radius 3 is 2.48 bits per heavy atom. The van der Waals surface area contributed by atoms with Crippen molar-refractivity contribution in [3.8, 4) is 0 Å². The first-order valence-corrected chi connectivity index (χ1v) is 9.78. The number of sulfonamides is 1. The van der Waals surface area contributed by atoms with Gasteiger partial charge in [-0.05, 0) is 25.5 Å². The van der Waals surface area contributed by atoms with Crippen LogP contribution in [0.4, 0.5) is 0 Å². The molecule has 0 aromatic carbocycles. The Kier molecular flexibility index (Phi) is 4.43. The minimum absolute atomic E-state index is 0.0994. The van der Waals surface area contributed by atoms with Crippen molar-refractivity contribution in [2.24, 2.45) is 0 Å². The van der Waals surface area contributed by atoms with E-state index < -0.39 is 16.1 Å². The molecule has 23 heavy (non-hydrogen) atoms. The lowest BCUT2D eigenvalue weighted by Gasteiger charge is -2.34. The summed E-state index contributed by atoms with van der Waals surface area (Å²) >= 11 is 1.26. The van der Waals surface area contributed by atoms with Crippen LogP contribution in [-0.4, -0.2) is 61.7 Å². The van der Waals surface area contributed by atoms with Crippen LogP contribution >= 0.6 is 11.3 Å². The number of hydrogen-bond acceptors (Lipinski definition) is 5. The molecule has 0 aliphatic carbocycles. The van der Waals surface area contributed by atoms with Crippen molar-refractivity contribution in [1.82, 2.24) is 14.5 Å². The van der Waals surface area contributed by atoms with Gasteiger partial charge in [0.2, 0.25) is 11.8 Å². The summed E-state index contributed by atoms with van der Waals surface area (Å²) in [5, 5.41) is 2.66. The lowest BCUT2D eigenvalue weighted by molar-refractivity contribution is -0.135. The van der Waals surface area contributed by atoms with Crippen LogP contribution in [0.3, 0.4) is 0 Å². The van der Waals surface area contributed by atoms with Crippen LogP contribution in [0.1, 0.15) is 17.7 Å². The van der Waals surface area contributed by atoms with Crippen LogP contribution in [-0.2, 0) is 19.6 Å². The lowest BCUT2D eigenvalue weighted by atomic mass is 10.2. The number of nitrogens with one attached hydrogen (secondary N) is 1. The van der Waals surface area contributed by atoms with Crippen LogP contribution < -0.4 is 5.32 Å². The molecule has 2 aliphatic heterocycles. The number of aryl methyl sites for hydroxylation is 1. The van der Waals surface area contributed by atoms with Crippen LogP contribution in [0.5, 0.6) is 0 Å². The molecule has 1 aromatic rings. The van der Waals surface area contributed by atoms with Crippen molar-refractivity contribution in [3.05, 3.63) is 17.0 Å². The normalized spacial score (nSPS) is 23.1. The Labute approximate surface area is 139 Å². The van der Waals surface area contributed by atoms with E-state index in [2.05, 4.69) is 5.32 Å². The molecule has 1 atom stereocenters. The van der Waals surface area contributed by atoms with Gasteiger partial charge < -0.3 is 10.2 Å². The first-order chi connectivity index (χ1) is 10.9. The molecule has 2 amide bonds. The van der Waals surface area contributed by atoms with Gasteiger partial charge in [0.25, 0.3) is 10.0 Å². The molecule has 1 N–H and O–H groups in total. The predicted molar refractivity (Wildman–Crippen MR) is 85.6 cm³/mol. The van der Waals surface area contributed by atoms with E-state index in [9.17, 15) is 18.0 Å². The molecule has 3 heterocycles. The van der Waals surface area contributed by atoms with Gasteiger partial charge in [-0.1, -0.05) is 0 Å².